The van der Waals surface area contributed by atoms with E-state index in [0.29, 0.717) is 30.2 Å². The second-order valence-corrected chi connectivity index (χ2v) is 9.41. The fraction of sp³-hybridized carbons (Fsp3) is 0.259. The van der Waals surface area contributed by atoms with Gasteiger partial charge in [0, 0.05) is 37.1 Å². The quantitative estimate of drug-likeness (QED) is 0.544. The zero-order chi connectivity index (χ0) is 26.3. The van der Waals surface area contributed by atoms with E-state index in [-0.39, 0.29) is 11.4 Å². The molecule has 2 aliphatic rings. The zero-order valence-electron chi connectivity index (χ0n) is 20.9. The third-order valence-electron chi connectivity index (χ3n) is 6.50. The van der Waals surface area contributed by atoms with E-state index in [1.54, 1.807) is 45.3 Å². The van der Waals surface area contributed by atoms with Gasteiger partial charge in [-0.15, -0.1) is 0 Å². The van der Waals surface area contributed by atoms with Gasteiger partial charge < -0.3 is 15.5 Å². The number of aromatic nitrogens is 3. The number of halogens is 1. The SMILES string of the molecule is CNc1ncc2c(n1)N1CCN=C1C(c1cc(NC(=O)c3cc(C(C)(C)C#N)ccn3)c(F)cc1C)=C2. The number of rotatable bonds is 5. The Hall–Kier alpha value is -4.65. The average Bonchev–Trinajstić information content (AvgIpc) is 3.40. The average molecular weight is 497 g/mol. The highest BCUT2D eigenvalue weighted by atomic mass is 19.1. The fourth-order valence-electron chi connectivity index (χ4n) is 4.38. The molecule has 4 heterocycles. The highest BCUT2D eigenvalue weighted by Gasteiger charge is 2.31. The van der Waals surface area contributed by atoms with Gasteiger partial charge in [0.05, 0.1) is 23.7 Å². The molecule has 2 aromatic heterocycles. The Balaban J connectivity index is 1.52. The van der Waals surface area contributed by atoms with Gasteiger partial charge in [-0.3, -0.25) is 14.8 Å². The summed E-state index contributed by atoms with van der Waals surface area (Å²) in [5, 5.41) is 15.0. The molecule has 2 N–H and O–H groups in total. The number of nitrogens with zero attached hydrogens (tertiary/aromatic N) is 6. The van der Waals surface area contributed by atoms with E-state index in [2.05, 4.69) is 36.6 Å². The van der Waals surface area contributed by atoms with Crippen LogP contribution in [0.1, 0.15) is 46.6 Å². The molecule has 0 aliphatic carbocycles. The molecule has 9 nitrogen and oxygen atoms in total. The van der Waals surface area contributed by atoms with Crippen molar-refractivity contribution in [3.05, 3.63) is 70.4 Å². The lowest BCUT2D eigenvalue weighted by Crippen LogP contribution is -2.32. The molecule has 2 aliphatic heterocycles. The van der Waals surface area contributed by atoms with Crippen molar-refractivity contribution in [2.75, 3.05) is 35.7 Å². The van der Waals surface area contributed by atoms with Crippen LogP contribution in [-0.2, 0) is 5.41 Å². The molecule has 3 aromatic rings. The Labute approximate surface area is 213 Å². The van der Waals surface area contributed by atoms with Crippen LogP contribution in [0, 0.1) is 24.1 Å². The number of aryl methyl sites for hydroxylation is 1. The zero-order valence-corrected chi connectivity index (χ0v) is 20.9. The van der Waals surface area contributed by atoms with Crippen LogP contribution >= 0.6 is 0 Å². The summed E-state index contributed by atoms with van der Waals surface area (Å²) < 4.78 is 15.0. The highest BCUT2D eigenvalue weighted by Crippen LogP contribution is 2.37. The van der Waals surface area contributed by atoms with Crippen molar-refractivity contribution in [1.82, 2.24) is 15.0 Å². The van der Waals surface area contributed by atoms with Crippen molar-refractivity contribution in [1.29, 1.82) is 5.26 Å². The van der Waals surface area contributed by atoms with Crippen LogP contribution in [0.15, 0.2) is 41.7 Å². The normalized spacial score (nSPS) is 14.2. The van der Waals surface area contributed by atoms with Gasteiger partial charge in [-0.25, -0.2) is 9.37 Å². The van der Waals surface area contributed by atoms with Gasteiger partial charge in [0.1, 0.15) is 23.2 Å². The number of fused-ring (bicyclic) bond motifs is 3. The lowest BCUT2D eigenvalue weighted by atomic mass is 9.86. The molecule has 0 bridgehead atoms. The Morgan fingerprint density at radius 1 is 1.24 bits per heavy atom. The maximum atomic E-state index is 15.0. The lowest BCUT2D eigenvalue weighted by Gasteiger charge is -2.28. The molecule has 186 valence electrons. The van der Waals surface area contributed by atoms with Crippen LogP contribution < -0.4 is 15.5 Å². The highest BCUT2D eigenvalue weighted by molar-refractivity contribution is 6.36. The number of amidine groups is 1. The predicted molar refractivity (Wildman–Crippen MR) is 141 cm³/mol. The number of pyridine rings is 1. The Morgan fingerprint density at radius 3 is 2.81 bits per heavy atom. The van der Waals surface area contributed by atoms with Gasteiger partial charge >= 0.3 is 0 Å². The van der Waals surface area contributed by atoms with E-state index in [1.807, 2.05) is 17.9 Å². The van der Waals surface area contributed by atoms with E-state index in [1.165, 1.54) is 12.3 Å². The number of nitriles is 1. The van der Waals surface area contributed by atoms with Crippen molar-refractivity contribution >= 4 is 40.8 Å². The van der Waals surface area contributed by atoms with Crippen LogP contribution in [0.3, 0.4) is 0 Å². The summed E-state index contributed by atoms with van der Waals surface area (Å²) in [7, 11) is 1.76. The summed E-state index contributed by atoms with van der Waals surface area (Å²) in [4.78, 5) is 32.8. The van der Waals surface area contributed by atoms with Gasteiger partial charge in [0.25, 0.3) is 5.91 Å². The maximum Gasteiger partial charge on any atom is 0.274 e. The standard InChI is InChI=1S/C27H25FN8O/c1-15-9-20(28)21(34-25(37)22-11-17(5-6-31-22)27(2,3)14-29)12-18(15)19-10-16-13-33-26(30-4)35-23(16)36-8-7-32-24(19)36/h5-6,9-13H,7-8H2,1-4H3,(H,34,37)(H,30,33,35). The number of hydrogen-bond donors (Lipinski definition) is 2. The minimum absolute atomic E-state index is 0.0240. The Kier molecular flexibility index (Phi) is 5.91. The summed E-state index contributed by atoms with van der Waals surface area (Å²) in [5.41, 5.74) is 3.03. The molecule has 5 rings (SSSR count). The van der Waals surface area contributed by atoms with Crippen LogP contribution in [0.5, 0.6) is 0 Å². The van der Waals surface area contributed by atoms with Gasteiger partial charge in [-0.05, 0) is 67.8 Å². The van der Waals surface area contributed by atoms with Gasteiger partial charge in [0.15, 0.2) is 0 Å². The lowest BCUT2D eigenvalue weighted by molar-refractivity contribution is 0.102. The minimum atomic E-state index is -0.796. The second kappa shape index (κ2) is 9.09. The van der Waals surface area contributed by atoms with Crippen LogP contribution in [0.25, 0.3) is 11.6 Å². The molecular formula is C27H25FN8O. The first kappa shape index (κ1) is 24.1. The molecule has 1 amide bonds. The topological polar surface area (TPSA) is 119 Å². The van der Waals surface area contributed by atoms with Crippen molar-refractivity contribution in [3.63, 3.8) is 0 Å². The molecule has 0 saturated carbocycles. The minimum Gasteiger partial charge on any atom is -0.357 e. The smallest absolute Gasteiger partial charge is 0.274 e. The molecule has 1 aromatic carbocycles. The summed E-state index contributed by atoms with van der Waals surface area (Å²) in [5.74, 6) is 0.889. The molecule has 0 atom stereocenters. The molecule has 37 heavy (non-hydrogen) atoms. The molecule has 0 radical (unpaired) electrons. The van der Waals surface area contributed by atoms with Crippen LogP contribution in [-0.4, -0.2) is 46.8 Å². The summed E-state index contributed by atoms with van der Waals surface area (Å²) >= 11 is 0. The van der Waals surface area contributed by atoms with Crippen molar-refractivity contribution < 1.29 is 9.18 Å². The largest absolute Gasteiger partial charge is 0.357 e. The summed E-state index contributed by atoms with van der Waals surface area (Å²) in [6.45, 7) is 6.60. The number of benzene rings is 1. The van der Waals surface area contributed by atoms with Crippen LogP contribution in [0.4, 0.5) is 21.8 Å². The van der Waals surface area contributed by atoms with Gasteiger partial charge in [-0.2, -0.15) is 10.2 Å². The molecule has 10 heteroatoms. The van der Waals surface area contributed by atoms with E-state index in [0.717, 1.165) is 28.4 Å². The third-order valence-corrected chi connectivity index (χ3v) is 6.50. The monoisotopic (exact) mass is 496 g/mol. The Morgan fingerprint density at radius 2 is 2.05 bits per heavy atom. The van der Waals surface area contributed by atoms with Crippen LogP contribution in [0.2, 0.25) is 0 Å². The number of amides is 1. The van der Waals surface area contributed by atoms with Gasteiger partial charge in [-0.1, -0.05) is 0 Å². The number of hydrogen-bond acceptors (Lipinski definition) is 8. The number of nitrogens with one attached hydrogen (secondary N) is 2. The fourth-order valence-corrected chi connectivity index (χ4v) is 4.38. The van der Waals surface area contributed by atoms with Crippen molar-refractivity contribution in [2.24, 2.45) is 4.99 Å². The predicted octanol–water partition coefficient (Wildman–Crippen LogP) is 4.19. The van der Waals surface area contributed by atoms with Crippen molar-refractivity contribution in [2.45, 2.75) is 26.2 Å². The summed E-state index contributed by atoms with van der Waals surface area (Å²) in [6.07, 6.45) is 5.15. The van der Waals surface area contributed by atoms with Gasteiger partial charge in [0.2, 0.25) is 5.95 Å². The third kappa shape index (κ3) is 4.29. The molecule has 0 unspecified atom stereocenters. The summed E-state index contributed by atoms with van der Waals surface area (Å²) in [6, 6.07) is 8.46. The second-order valence-electron chi connectivity index (χ2n) is 9.41. The van der Waals surface area contributed by atoms with E-state index in [9.17, 15) is 10.1 Å². The van der Waals surface area contributed by atoms with E-state index >= 15 is 4.39 Å². The molecule has 0 fully saturated rings. The Bertz CT molecular complexity index is 1540. The number of carbonyl (C=O) groups is 1. The van der Waals surface area contributed by atoms with Crippen molar-refractivity contribution in [3.8, 4) is 6.07 Å². The maximum absolute atomic E-state index is 15.0. The molecule has 0 spiro atoms. The molecule has 0 saturated heterocycles. The first-order valence-electron chi connectivity index (χ1n) is 11.8. The first-order chi connectivity index (χ1) is 17.7. The first-order valence-corrected chi connectivity index (χ1v) is 11.8. The number of aliphatic imine (C=N–C) groups is 1. The van der Waals surface area contributed by atoms with E-state index < -0.39 is 17.1 Å². The number of anilines is 3. The number of carbonyl (C=O) groups excluding carboxylic acids is 1. The van der Waals surface area contributed by atoms with E-state index in [4.69, 9.17) is 0 Å². The molecular weight excluding hydrogens is 471 g/mol.